The maximum atomic E-state index is 13.2. The quantitative estimate of drug-likeness (QED) is 0.705. The molecule has 0 aliphatic carbocycles. The summed E-state index contributed by atoms with van der Waals surface area (Å²) in [5, 5.41) is 5.29. The number of amides is 2. The maximum Gasteiger partial charge on any atom is 0.287 e. The molecule has 26 heavy (non-hydrogen) atoms. The number of carbonyl (C=O) groups is 2. The van der Waals surface area contributed by atoms with Crippen LogP contribution in [-0.2, 0) is 11.8 Å². The lowest BCUT2D eigenvalue weighted by atomic mass is 10.1. The third-order valence-corrected chi connectivity index (χ3v) is 3.78. The zero-order valence-corrected chi connectivity index (χ0v) is 14.0. The van der Waals surface area contributed by atoms with Gasteiger partial charge in [-0.25, -0.2) is 9.37 Å². The third kappa shape index (κ3) is 3.97. The summed E-state index contributed by atoms with van der Waals surface area (Å²) in [6.45, 7) is -0.234. The largest absolute Gasteiger partial charge is 0.459 e. The van der Waals surface area contributed by atoms with Gasteiger partial charge < -0.3 is 19.6 Å². The van der Waals surface area contributed by atoms with E-state index in [1.807, 2.05) is 0 Å². The molecular formula is C18H17FN4O3. The molecule has 2 heterocycles. The maximum absolute atomic E-state index is 13.2. The Labute approximate surface area is 148 Å². The lowest BCUT2D eigenvalue weighted by molar-refractivity contribution is -0.120. The minimum absolute atomic E-state index is 0.122. The number of hydrogen-bond donors (Lipinski definition) is 2. The zero-order valence-electron chi connectivity index (χ0n) is 14.0. The number of halogens is 1. The van der Waals surface area contributed by atoms with Crippen molar-refractivity contribution < 1.29 is 18.4 Å². The molecule has 0 spiro atoms. The summed E-state index contributed by atoms with van der Waals surface area (Å²) in [4.78, 5) is 28.4. The highest BCUT2D eigenvalue weighted by Gasteiger charge is 2.21. The normalized spacial score (nSPS) is 11.8. The molecule has 1 aromatic carbocycles. The van der Waals surface area contributed by atoms with Crippen LogP contribution < -0.4 is 10.6 Å². The summed E-state index contributed by atoms with van der Waals surface area (Å²) in [6.07, 6.45) is 4.73. The van der Waals surface area contributed by atoms with E-state index in [1.54, 1.807) is 42.2 Å². The van der Waals surface area contributed by atoms with Gasteiger partial charge in [-0.05, 0) is 29.8 Å². The van der Waals surface area contributed by atoms with E-state index >= 15 is 0 Å². The minimum Gasteiger partial charge on any atom is -0.459 e. The summed E-state index contributed by atoms with van der Waals surface area (Å²) in [7, 11) is 1.80. The molecule has 0 fully saturated rings. The van der Waals surface area contributed by atoms with E-state index in [2.05, 4.69) is 15.6 Å². The molecule has 2 N–H and O–H groups in total. The second-order valence-corrected chi connectivity index (χ2v) is 5.61. The Morgan fingerprint density at radius 3 is 2.65 bits per heavy atom. The molecule has 0 radical (unpaired) electrons. The molecule has 134 valence electrons. The molecule has 2 aromatic heterocycles. The average molecular weight is 356 g/mol. The van der Waals surface area contributed by atoms with Gasteiger partial charge in [-0.2, -0.15) is 0 Å². The van der Waals surface area contributed by atoms with Crippen LogP contribution in [-0.4, -0.2) is 27.9 Å². The Morgan fingerprint density at radius 2 is 2.04 bits per heavy atom. The summed E-state index contributed by atoms with van der Waals surface area (Å²) in [5.41, 5.74) is 0.673. The topological polar surface area (TPSA) is 89.2 Å². The fourth-order valence-electron chi connectivity index (χ4n) is 2.47. The number of rotatable bonds is 6. The molecule has 3 aromatic rings. The molecule has 3 rings (SSSR count). The highest BCUT2D eigenvalue weighted by molar-refractivity contribution is 5.94. The van der Waals surface area contributed by atoms with E-state index in [9.17, 15) is 14.0 Å². The Kier molecular flexibility index (Phi) is 5.12. The van der Waals surface area contributed by atoms with Gasteiger partial charge in [0.1, 0.15) is 17.7 Å². The number of aryl methyl sites for hydroxylation is 1. The SMILES string of the molecule is Cn1ccnc1[C@H](NC(=O)CNC(=O)c1ccco1)c1ccc(F)cc1. The molecule has 1 atom stereocenters. The molecule has 7 nitrogen and oxygen atoms in total. The number of aromatic nitrogens is 2. The first kappa shape index (κ1) is 17.4. The van der Waals surface area contributed by atoms with Crippen LogP contribution in [0.15, 0.2) is 59.5 Å². The first-order chi connectivity index (χ1) is 12.5. The van der Waals surface area contributed by atoms with E-state index in [4.69, 9.17) is 4.42 Å². The van der Waals surface area contributed by atoms with Gasteiger partial charge in [0.2, 0.25) is 5.91 Å². The summed E-state index contributed by atoms with van der Waals surface area (Å²) in [6, 6.07) is 8.30. The Hall–Kier alpha value is -3.42. The molecular weight excluding hydrogens is 339 g/mol. The highest BCUT2D eigenvalue weighted by atomic mass is 19.1. The van der Waals surface area contributed by atoms with Crippen molar-refractivity contribution in [3.05, 3.63) is 78.0 Å². The van der Waals surface area contributed by atoms with Gasteiger partial charge in [0, 0.05) is 19.4 Å². The Morgan fingerprint density at radius 1 is 1.27 bits per heavy atom. The second-order valence-electron chi connectivity index (χ2n) is 5.61. The molecule has 0 saturated heterocycles. The van der Waals surface area contributed by atoms with Crippen LogP contribution in [0.25, 0.3) is 0 Å². The number of furan rings is 1. The monoisotopic (exact) mass is 356 g/mol. The number of carbonyl (C=O) groups excluding carboxylic acids is 2. The van der Waals surface area contributed by atoms with Crippen LogP contribution in [0.3, 0.4) is 0 Å². The van der Waals surface area contributed by atoms with Crippen molar-refractivity contribution in [1.29, 1.82) is 0 Å². The van der Waals surface area contributed by atoms with Crippen molar-refractivity contribution in [3.63, 3.8) is 0 Å². The van der Waals surface area contributed by atoms with E-state index in [0.717, 1.165) is 0 Å². The number of benzene rings is 1. The molecule has 0 bridgehead atoms. The van der Waals surface area contributed by atoms with Crippen molar-refractivity contribution in [1.82, 2.24) is 20.2 Å². The molecule has 2 amide bonds. The van der Waals surface area contributed by atoms with Crippen LogP contribution in [0.1, 0.15) is 28.0 Å². The van der Waals surface area contributed by atoms with E-state index < -0.39 is 17.9 Å². The van der Waals surface area contributed by atoms with Gasteiger partial charge >= 0.3 is 0 Å². The van der Waals surface area contributed by atoms with E-state index in [0.29, 0.717) is 11.4 Å². The summed E-state index contributed by atoms with van der Waals surface area (Å²) in [5.74, 6) is -0.564. The third-order valence-electron chi connectivity index (χ3n) is 3.78. The fraction of sp³-hybridized carbons (Fsp3) is 0.167. The number of nitrogens with one attached hydrogen (secondary N) is 2. The lowest BCUT2D eigenvalue weighted by Gasteiger charge is -2.19. The van der Waals surface area contributed by atoms with Crippen LogP contribution in [0.5, 0.6) is 0 Å². The molecule has 0 unspecified atom stereocenters. The predicted molar refractivity (Wildman–Crippen MR) is 90.6 cm³/mol. The molecule has 0 saturated carbocycles. The van der Waals surface area contributed by atoms with Gasteiger partial charge in [-0.1, -0.05) is 12.1 Å². The second kappa shape index (κ2) is 7.64. The first-order valence-corrected chi connectivity index (χ1v) is 7.88. The van der Waals surface area contributed by atoms with Gasteiger partial charge in [0.05, 0.1) is 12.8 Å². The highest BCUT2D eigenvalue weighted by Crippen LogP contribution is 2.20. The van der Waals surface area contributed by atoms with Crippen LogP contribution in [0.2, 0.25) is 0 Å². The summed E-state index contributed by atoms with van der Waals surface area (Å²) < 4.78 is 19.9. The first-order valence-electron chi connectivity index (χ1n) is 7.88. The molecule has 0 aliphatic rings. The van der Waals surface area contributed by atoms with Crippen LogP contribution in [0.4, 0.5) is 4.39 Å². The molecule has 0 aliphatic heterocycles. The van der Waals surface area contributed by atoms with Crippen molar-refractivity contribution in [2.24, 2.45) is 7.05 Å². The lowest BCUT2D eigenvalue weighted by Crippen LogP contribution is -2.39. The Balaban J connectivity index is 1.71. The number of nitrogens with zero attached hydrogens (tertiary/aromatic N) is 2. The smallest absolute Gasteiger partial charge is 0.287 e. The fourth-order valence-corrected chi connectivity index (χ4v) is 2.47. The van der Waals surface area contributed by atoms with Gasteiger partial charge in [0.15, 0.2) is 5.76 Å². The average Bonchev–Trinajstić information content (AvgIpc) is 3.30. The Bertz CT molecular complexity index is 888. The predicted octanol–water partition coefficient (Wildman–Crippen LogP) is 1.79. The van der Waals surface area contributed by atoms with Crippen molar-refractivity contribution in [2.75, 3.05) is 6.54 Å². The van der Waals surface area contributed by atoms with Crippen molar-refractivity contribution in [2.45, 2.75) is 6.04 Å². The van der Waals surface area contributed by atoms with Crippen molar-refractivity contribution in [3.8, 4) is 0 Å². The standard InChI is InChI=1S/C18H17FN4O3/c1-23-9-8-20-17(23)16(12-4-6-13(19)7-5-12)22-15(24)11-21-18(25)14-3-2-10-26-14/h2-10,16H,11H2,1H3,(H,21,25)(H,22,24)/t16-/m1/s1. The van der Waals surface area contributed by atoms with Gasteiger partial charge in [-0.3, -0.25) is 9.59 Å². The van der Waals surface area contributed by atoms with Crippen LogP contribution in [0, 0.1) is 5.82 Å². The minimum atomic E-state index is -0.580. The zero-order chi connectivity index (χ0) is 18.5. The van der Waals surface area contributed by atoms with Gasteiger partial charge in [0.25, 0.3) is 5.91 Å². The van der Waals surface area contributed by atoms with Crippen LogP contribution >= 0.6 is 0 Å². The number of imidazole rings is 1. The summed E-state index contributed by atoms with van der Waals surface area (Å²) >= 11 is 0. The molecule has 8 heteroatoms. The van der Waals surface area contributed by atoms with Gasteiger partial charge in [-0.15, -0.1) is 0 Å². The van der Waals surface area contributed by atoms with Crippen molar-refractivity contribution >= 4 is 11.8 Å². The van der Waals surface area contributed by atoms with E-state index in [-0.39, 0.29) is 18.1 Å². The number of hydrogen-bond acceptors (Lipinski definition) is 4. The van der Waals surface area contributed by atoms with E-state index in [1.165, 1.54) is 24.5 Å².